The van der Waals surface area contributed by atoms with Gasteiger partial charge in [-0.3, -0.25) is 0 Å². The van der Waals surface area contributed by atoms with Crippen LogP contribution in [0.4, 0.5) is 8.78 Å². The summed E-state index contributed by atoms with van der Waals surface area (Å²) in [6.45, 7) is 3.45. The van der Waals surface area contributed by atoms with Gasteiger partial charge in [0.15, 0.2) is 0 Å². The zero-order chi connectivity index (χ0) is 12.0. The van der Waals surface area contributed by atoms with Crippen molar-refractivity contribution in [2.75, 3.05) is 0 Å². The fourth-order valence-electron chi connectivity index (χ4n) is 1.11. The van der Waals surface area contributed by atoms with Crippen LogP contribution >= 0.6 is 0 Å². The molecule has 86 valence electrons. The van der Waals surface area contributed by atoms with Gasteiger partial charge in [-0.15, -0.1) is 0 Å². The maximum Gasteiger partial charge on any atom is 0.215 e. The predicted molar refractivity (Wildman–Crippen MR) is 60.5 cm³/mol. The molecule has 1 aromatic rings. The Bertz CT molecular complexity index is 390. The van der Waals surface area contributed by atoms with Gasteiger partial charge >= 0.3 is 0 Å². The number of hydrogen-bond acceptors (Lipinski definition) is 2. The van der Waals surface area contributed by atoms with Crippen LogP contribution in [0.2, 0.25) is 0 Å². The first-order valence-electron chi connectivity index (χ1n) is 5.06. The van der Waals surface area contributed by atoms with Crippen LogP contribution in [0.1, 0.15) is 25.3 Å². The summed E-state index contributed by atoms with van der Waals surface area (Å²) in [6.07, 6.45) is 4.76. The van der Waals surface area contributed by atoms with Crippen molar-refractivity contribution < 1.29 is 8.78 Å². The highest BCUT2D eigenvalue weighted by molar-refractivity contribution is 5.60. The van der Waals surface area contributed by atoms with E-state index in [0.717, 1.165) is 18.4 Å². The Morgan fingerprint density at radius 2 is 2.00 bits per heavy atom. The number of nitrogens with zero attached hydrogens (tertiary/aromatic N) is 2. The lowest BCUT2D eigenvalue weighted by Gasteiger charge is -2.01. The van der Waals surface area contributed by atoms with E-state index in [-0.39, 0.29) is 11.9 Å². The van der Waals surface area contributed by atoms with Gasteiger partial charge in [0, 0.05) is 18.0 Å². The summed E-state index contributed by atoms with van der Waals surface area (Å²) in [5.41, 5.74) is 1.36. The molecule has 2 rings (SSSR count). The summed E-state index contributed by atoms with van der Waals surface area (Å²) in [4.78, 5) is 6.91. The molecule has 0 fully saturated rings. The Balaban J connectivity index is 0.000000160. The third-order valence-electron chi connectivity index (χ3n) is 2.15. The minimum absolute atomic E-state index is 0.295. The number of pyridine rings is 1. The van der Waals surface area contributed by atoms with E-state index in [0.29, 0.717) is 5.56 Å². The molecular formula is C12H14F2N2. The van der Waals surface area contributed by atoms with E-state index in [1.807, 2.05) is 0 Å². The topological polar surface area (TPSA) is 25.2 Å². The molecular weight excluding hydrogens is 210 g/mol. The first-order chi connectivity index (χ1) is 7.61. The zero-order valence-corrected chi connectivity index (χ0v) is 9.37. The second-order valence-electron chi connectivity index (χ2n) is 3.53. The molecule has 0 unspecified atom stereocenters. The summed E-state index contributed by atoms with van der Waals surface area (Å²) in [6, 6.07) is 3.39. The van der Waals surface area contributed by atoms with Crippen molar-refractivity contribution in [1.29, 1.82) is 0 Å². The molecule has 0 aromatic carbocycles. The third kappa shape index (κ3) is 3.88. The predicted octanol–water partition coefficient (Wildman–Crippen LogP) is 3.58. The molecule has 2 nitrogen and oxygen atoms in total. The average Bonchev–Trinajstić information content (AvgIpc) is 2.28. The highest BCUT2D eigenvalue weighted by Gasteiger charge is 2.01. The number of aromatic nitrogens is 1. The quantitative estimate of drug-likeness (QED) is 0.488. The normalized spacial score (nSPS) is 14.5. The Morgan fingerprint density at radius 1 is 1.25 bits per heavy atom. The lowest BCUT2D eigenvalue weighted by atomic mass is 10.1. The summed E-state index contributed by atoms with van der Waals surface area (Å²) in [7, 11) is 0. The standard InChI is InChI=1S/C6H8FN.C6H6FN/c2*1-5-3-2-4-8-6(5)7/h4H,2-3H2,1H3;2-4H,1H3. The molecule has 0 saturated heterocycles. The van der Waals surface area contributed by atoms with E-state index < -0.39 is 0 Å². The number of allylic oxidation sites excluding steroid dienone is 1. The smallest absolute Gasteiger partial charge is 0.215 e. The van der Waals surface area contributed by atoms with Crippen molar-refractivity contribution in [1.82, 2.24) is 4.98 Å². The van der Waals surface area contributed by atoms with Gasteiger partial charge in [0.25, 0.3) is 0 Å². The molecule has 2 heterocycles. The van der Waals surface area contributed by atoms with Gasteiger partial charge in [-0.25, -0.2) is 9.98 Å². The molecule has 0 radical (unpaired) electrons. The maximum atomic E-state index is 12.3. The molecule has 0 bridgehead atoms. The SMILES string of the molecule is CC1=C(F)N=CCC1.Cc1cccnc1F. The summed E-state index contributed by atoms with van der Waals surface area (Å²) < 4.78 is 24.5. The largest absolute Gasteiger partial charge is 0.233 e. The maximum absolute atomic E-state index is 12.3. The van der Waals surface area contributed by atoms with Gasteiger partial charge in [0.1, 0.15) is 0 Å². The van der Waals surface area contributed by atoms with Gasteiger partial charge in [-0.1, -0.05) is 6.07 Å². The molecule has 0 spiro atoms. The summed E-state index contributed by atoms with van der Waals surface area (Å²) in [5.74, 6) is -0.677. The van der Waals surface area contributed by atoms with E-state index in [4.69, 9.17) is 0 Å². The van der Waals surface area contributed by atoms with Crippen molar-refractivity contribution >= 4 is 6.21 Å². The lowest BCUT2D eigenvalue weighted by molar-refractivity contribution is 0.574. The third-order valence-corrected chi connectivity index (χ3v) is 2.15. The van der Waals surface area contributed by atoms with Crippen LogP contribution in [0.5, 0.6) is 0 Å². The van der Waals surface area contributed by atoms with Gasteiger partial charge in [0.2, 0.25) is 11.9 Å². The van der Waals surface area contributed by atoms with Crippen LogP contribution in [0.3, 0.4) is 0 Å². The molecule has 1 aromatic heterocycles. The molecule has 0 aliphatic carbocycles. The second-order valence-corrected chi connectivity index (χ2v) is 3.53. The van der Waals surface area contributed by atoms with E-state index in [9.17, 15) is 8.78 Å². The van der Waals surface area contributed by atoms with Crippen molar-refractivity contribution in [3.05, 3.63) is 41.4 Å². The number of rotatable bonds is 0. The van der Waals surface area contributed by atoms with E-state index in [1.165, 1.54) is 6.20 Å². The van der Waals surface area contributed by atoms with Crippen LogP contribution < -0.4 is 0 Å². The van der Waals surface area contributed by atoms with Crippen molar-refractivity contribution in [3.63, 3.8) is 0 Å². The molecule has 4 heteroatoms. The Kier molecular flexibility index (Phi) is 4.76. The number of halogens is 2. The van der Waals surface area contributed by atoms with Gasteiger partial charge in [0.05, 0.1) is 0 Å². The fraction of sp³-hybridized carbons (Fsp3) is 0.333. The van der Waals surface area contributed by atoms with Crippen LogP contribution in [0.25, 0.3) is 0 Å². The zero-order valence-electron chi connectivity index (χ0n) is 9.37. The van der Waals surface area contributed by atoms with Gasteiger partial charge in [-0.05, 0) is 38.3 Å². The van der Waals surface area contributed by atoms with Gasteiger partial charge in [-0.2, -0.15) is 8.78 Å². The summed E-state index contributed by atoms with van der Waals surface area (Å²) >= 11 is 0. The number of aryl methyl sites for hydroxylation is 1. The first kappa shape index (κ1) is 12.5. The van der Waals surface area contributed by atoms with E-state index in [1.54, 1.807) is 32.2 Å². The summed E-state index contributed by atoms with van der Waals surface area (Å²) in [5, 5.41) is 0. The molecule has 16 heavy (non-hydrogen) atoms. The Morgan fingerprint density at radius 3 is 2.38 bits per heavy atom. The second kappa shape index (κ2) is 6.10. The Hall–Kier alpha value is -1.58. The van der Waals surface area contributed by atoms with Crippen molar-refractivity contribution in [2.45, 2.75) is 26.7 Å². The molecule has 0 saturated carbocycles. The number of aliphatic imine (C=N–C) groups is 1. The lowest BCUT2D eigenvalue weighted by Crippen LogP contribution is -1.89. The van der Waals surface area contributed by atoms with E-state index in [2.05, 4.69) is 9.98 Å². The van der Waals surface area contributed by atoms with E-state index >= 15 is 0 Å². The van der Waals surface area contributed by atoms with Crippen molar-refractivity contribution in [2.24, 2.45) is 4.99 Å². The molecule has 1 aliphatic rings. The monoisotopic (exact) mass is 224 g/mol. The molecule has 0 atom stereocenters. The molecule has 0 amide bonds. The van der Waals surface area contributed by atoms with Crippen LogP contribution in [0, 0.1) is 12.9 Å². The van der Waals surface area contributed by atoms with Gasteiger partial charge < -0.3 is 0 Å². The molecule has 0 N–H and O–H groups in total. The first-order valence-corrected chi connectivity index (χ1v) is 5.06. The van der Waals surface area contributed by atoms with Crippen LogP contribution in [0.15, 0.2) is 34.8 Å². The van der Waals surface area contributed by atoms with Crippen LogP contribution in [-0.2, 0) is 0 Å². The van der Waals surface area contributed by atoms with Crippen LogP contribution in [-0.4, -0.2) is 11.2 Å². The molecule has 1 aliphatic heterocycles. The minimum Gasteiger partial charge on any atom is -0.233 e. The fourth-order valence-corrected chi connectivity index (χ4v) is 1.11. The average molecular weight is 224 g/mol. The Labute approximate surface area is 93.7 Å². The minimum atomic E-state index is -0.382. The number of hydrogen-bond donors (Lipinski definition) is 0. The highest BCUT2D eigenvalue weighted by atomic mass is 19.1. The highest BCUT2D eigenvalue weighted by Crippen LogP contribution is 2.15. The van der Waals surface area contributed by atoms with Crippen molar-refractivity contribution in [3.8, 4) is 0 Å².